The number of unbranched alkanes of at least 4 members (excludes halogenated alkanes) is 41. The second kappa shape index (κ2) is 44.3. The van der Waals surface area contributed by atoms with Crippen LogP contribution in [0.25, 0.3) is 0 Å². The Labute approximate surface area is 348 Å². The maximum absolute atomic E-state index is 3.79. The first-order valence-corrected chi connectivity index (χ1v) is 26.4. The van der Waals surface area contributed by atoms with Gasteiger partial charge in [-0.2, -0.15) is 0 Å². The van der Waals surface area contributed by atoms with E-state index in [4.69, 9.17) is 0 Å². The number of imidazole rings is 1. The molecule has 1 rings (SSSR count). The lowest BCUT2D eigenvalue weighted by Crippen LogP contribution is -2.40. The van der Waals surface area contributed by atoms with Crippen LogP contribution in [-0.4, -0.2) is 4.98 Å². The first kappa shape index (κ1) is 52.2. The predicted molar refractivity (Wildman–Crippen MR) is 249 cm³/mol. The second-order valence-electron chi connectivity index (χ2n) is 18.4. The lowest BCUT2D eigenvalue weighted by molar-refractivity contribution is -0.710. The summed E-state index contributed by atoms with van der Waals surface area (Å²) >= 11 is 0. The van der Waals surface area contributed by atoms with Crippen LogP contribution in [0.4, 0.5) is 0 Å². The van der Waals surface area contributed by atoms with Gasteiger partial charge >= 0.3 is 0 Å². The molecule has 0 bridgehead atoms. The molecule has 0 radical (unpaired) electrons. The number of nitrogens with one attached hydrogen (secondary N) is 1. The monoisotopic (exact) mass is 770 g/mol. The zero-order valence-electron chi connectivity index (χ0n) is 38.8. The number of hydrogen-bond donors (Lipinski definition) is 1. The molecule has 0 atom stereocenters. The molecule has 0 fully saturated rings. The third-order valence-corrected chi connectivity index (χ3v) is 12.9. The summed E-state index contributed by atoms with van der Waals surface area (Å²) in [6.07, 6.45) is 68.5. The second-order valence-corrected chi connectivity index (χ2v) is 18.4. The van der Waals surface area contributed by atoms with Crippen molar-refractivity contribution in [3.63, 3.8) is 0 Å². The van der Waals surface area contributed by atoms with Gasteiger partial charge in [0, 0.05) is 12.8 Å². The molecule has 1 heterocycles. The van der Waals surface area contributed by atoms with Crippen molar-refractivity contribution in [3.05, 3.63) is 17.7 Å². The Morgan fingerprint density at radius 2 is 0.527 bits per heavy atom. The number of hydrogen-bond acceptors (Lipinski definition) is 0. The van der Waals surface area contributed by atoms with Gasteiger partial charge in [-0.3, -0.25) is 0 Å². The smallest absolute Gasteiger partial charge is 0.247 e. The van der Waals surface area contributed by atoms with E-state index >= 15 is 0 Å². The topological polar surface area (TPSA) is 19.7 Å². The molecule has 2 nitrogen and oxygen atoms in total. The van der Waals surface area contributed by atoms with E-state index in [2.05, 4.69) is 36.5 Å². The third-order valence-electron chi connectivity index (χ3n) is 12.9. The summed E-state index contributed by atoms with van der Waals surface area (Å²) in [7, 11) is 0. The van der Waals surface area contributed by atoms with E-state index < -0.39 is 0 Å². The Balaban J connectivity index is 2.24. The molecule has 0 spiro atoms. The van der Waals surface area contributed by atoms with Crippen LogP contribution in [0.1, 0.15) is 315 Å². The van der Waals surface area contributed by atoms with Crippen LogP contribution in [0, 0.1) is 0 Å². The number of aromatic nitrogens is 2. The third kappa shape index (κ3) is 36.1. The zero-order chi connectivity index (χ0) is 39.4. The largest absolute Gasteiger partial charge is 0.254 e. The van der Waals surface area contributed by atoms with Crippen molar-refractivity contribution in [3.8, 4) is 0 Å². The highest BCUT2D eigenvalue weighted by molar-refractivity contribution is 4.92. The number of rotatable bonds is 47. The van der Waals surface area contributed by atoms with Gasteiger partial charge in [0.15, 0.2) is 0 Å². The van der Waals surface area contributed by atoms with Gasteiger partial charge in [-0.15, -0.1) is 0 Å². The summed E-state index contributed by atoms with van der Waals surface area (Å²) in [5.41, 5.74) is 1.60. The highest BCUT2D eigenvalue weighted by Gasteiger charge is 2.17. The minimum absolute atomic E-state index is 1.24. The van der Waals surface area contributed by atoms with Gasteiger partial charge in [0.25, 0.3) is 5.82 Å². The van der Waals surface area contributed by atoms with Gasteiger partial charge in [0.2, 0.25) is 0 Å². The molecular formula is C53H105N2+. The van der Waals surface area contributed by atoms with Crippen molar-refractivity contribution >= 4 is 0 Å². The van der Waals surface area contributed by atoms with Gasteiger partial charge in [-0.25, -0.2) is 9.55 Å². The van der Waals surface area contributed by atoms with Gasteiger partial charge in [-0.05, 0) is 25.7 Å². The van der Waals surface area contributed by atoms with E-state index in [1.165, 1.54) is 308 Å². The highest BCUT2D eigenvalue weighted by atomic mass is 15.1. The average Bonchev–Trinajstić information content (AvgIpc) is 3.58. The maximum Gasteiger partial charge on any atom is 0.254 e. The van der Waals surface area contributed by atoms with E-state index in [-0.39, 0.29) is 0 Å². The van der Waals surface area contributed by atoms with Crippen LogP contribution in [0.2, 0.25) is 0 Å². The summed E-state index contributed by atoms with van der Waals surface area (Å²) in [6.45, 7) is 8.19. The Hall–Kier alpha value is -0.790. The predicted octanol–water partition coefficient (Wildman–Crippen LogP) is 18.6. The minimum atomic E-state index is 1.24. The van der Waals surface area contributed by atoms with E-state index in [0.29, 0.717) is 0 Å². The van der Waals surface area contributed by atoms with Crippen molar-refractivity contribution in [2.75, 3.05) is 0 Å². The Bertz CT molecular complexity index is 841. The fourth-order valence-corrected chi connectivity index (χ4v) is 8.99. The number of nitrogens with zero attached hydrogens (tertiary/aromatic N) is 1. The first-order chi connectivity index (χ1) is 27.3. The summed E-state index contributed by atoms with van der Waals surface area (Å²) in [4.78, 5) is 3.79. The van der Waals surface area contributed by atoms with E-state index in [1.54, 1.807) is 5.69 Å². The van der Waals surface area contributed by atoms with Crippen LogP contribution in [0.15, 0.2) is 6.20 Å². The summed E-state index contributed by atoms with van der Waals surface area (Å²) in [5.74, 6) is 1.53. The number of aromatic amines is 1. The van der Waals surface area contributed by atoms with Crippen LogP contribution >= 0.6 is 0 Å². The zero-order valence-corrected chi connectivity index (χ0v) is 38.8. The van der Waals surface area contributed by atoms with Gasteiger partial charge in [0.1, 0.15) is 11.9 Å². The van der Waals surface area contributed by atoms with Gasteiger partial charge < -0.3 is 0 Å². The van der Waals surface area contributed by atoms with E-state index in [1.807, 2.05) is 0 Å². The van der Waals surface area contributed by atoms with Crippen LogP contribution in [0.5, 0.6) is 0 Å². The molecule has 1 N–H and O–H groups in total. The lowest BCUT2D eigenvalue weighted by Gasteiger charge is -2.07. The lowest BCUT2D eigenvalue weighted by atomic mass is 10.0. The molecule has 0 aliphatic carbocycles. The SMILES string of the molecule is CCCCCCCCCCCCCCCCCCC[n+]1c(CCCCCCCCCCCCCCCCC)c[nH]c1CCCCCCCCCCCCCC. The molecule has 0 unspecified atom stereocenters. The summed E-state index contributed by atoms with van der Waals surface area (Å²) in [6, 6.07) is 0. The Kier molecular flexibility index (Phi) is 42.1. The van der Waals surface area contributed by atoms with Crippen LogP contribution in [-0.2, 0) is 19.4 Å². The molecule has 1 aromatic heterocycles. The standard InChI is InChI=1S/C53H104N2/c1-4-7-10-13-16-19-22-25-27-28-30-32-35-38-41-44-47-50-55-52(48-45-42-39-36-33-31-29-26-23-20-17-14-11-8-5-2)51-54-53(55)49-46-43-40-37-34-24-21-18-15-12-9-6-3/h51H,4-50H2,1-3H3/p+1. The molecule has 0 aliphatic rings. The summed E-state index contributed by atoms with van der Waals surface area (Å²) in [5, 5.41) is 0. The average molecular weight is 770 g/mol. The molecule has 0 aromatic carbocycles. The van der Waals surface area contributed by atoms with Crippen molar-refractivity contribution in [2.24, 2.45) is 0 Å². The highest BCUT2D eigenvalue weighted by Crippen LogP contribution is 2.17. The van der Waals surface area contributed by atoms with Crippen LogP contribution in [0.3, 0.4) is 0 Å². The molecule has 1 aromatic rings. The quantitative estimate of drug-likeness (QED) is 0.0503. The molecule has 2 heteroatoms. The molecule has 0 aliphatic heterocycles. The first-order valence-electron chi connectivity index (χ1n) is 26.4. The van der Waals surface area contributed by atoms with E-state index in [9.17, 15) is 0 Å². The van der Waals surface area contributed by atoms with E-state index in [0.717, 1.165) is 0 Å². The minimum Gasteiger partial charge on any atom is -0.247 e. The maximum atomic E-state index is 3.79. The van der Waals surface area contributed by atoms with Gasteiger partial charge in [0.05, 0.1) is 6.54 Å². The van der Waals surface area contributed by atoms with Crippen molar-refractivity contribution in [2.45, 2.75) is 323 Å². The number of H-pyrrole nitrogens is 1. The summed E-state index contributed by atoms with van der Waals surface area (Å²) < 4.78 is 2.74. The fraction of sp³-hybridized carbons (Fsp3) is 0.943. The molecule has 0 saturated heterocycles. The molecule has 55 heavy (non-hydrogen) atoms. The molecule has 0 saturated carbocycles. The van der Waals surface area contributed by atoms with Crippen molar-refractivity contribution in [1.82, 2.24) is 4.98 Å². The number of aryl methyl sites for hydroxylation is 2. The molecule has 0 amide bonds. The Morgan fingerprint density at radius 1 is 0.291 bits per heavy atom. The molecular weight excluding hydrogens is 665 g/mol. The van der Waals surface area contributed by atoms with Crippen LogP contribution < -0.4 is 4.57 Å². The normalized spacial score (nSPS) is 11.7. The fourth-order valence-electron chi connectivity index (χ4n) is 8.99. The Morgan fingerprint density at radius 3 is 0.818 bits per heavy atom. The van der Waals surface area contributed by atoms with Crippen molar-refractivity contribution in [1.29, 1.82) is 0 Å². The van der Waals surface area contributed by atoms with Crippen molar-refractivity contribution < 1.29 is 4.57 Å². The molecule has 326 valence electrons. The van der Waals surface area contributed by atoms with Gasteiger partial charge in [-0.1, -0.05) is 278 Å².